The van der Waals surface area contributed by atoms with Crippen LogP contribution in [0.3, 0.4) is 0 Å². The minimum atomic E-state index is 0.691. The molecule has 2 aromatic rings. The van der Waals surface area contributed by atoms with Crippen LogP contribution in [-0.4, -0.2) is 11.2 Å². The number of hydrogen-bond acceptors (Lipinski definition) is 1. The molecule has 2 nitrogen and oxygen atoms in total. The van der Waals surface area contributed by atoms with E-state index in [2.05, 4.69) is 36.6 Å². The first-order valence-corrected chi connectivity index (χ1v) is 5.61. The van der Waals surface area contributed by atoms with E-state index in [9.17, 15) is 0 Å². The summed E-state index contributed by atoms with van der Waals surface area (Å²) in [4.78, 5) is 0. The van der Waals surface area contributed by atoms with E-state index in [1.165, 1.54) is 11.4 Å². The molecular weight excluding hydrogens is 198 g/mol. The van der Waals surface area contributed by atoms with Crippen molar-refractivity contribution in [2.75, 3.05) is 6.61 Å². The molecule has 0 aliphatic carbocycles. The molecule has 0 saturated heterocycles. The number of ether oxygens (including phenoxy) is 1. The van der Waals surface area contributed by atoms with E-state index in [1.807, 2.05) is 25.1 Å². The lowest BCUT2D eigenvalue weighted by Crippen LogP contribution is -2.03. The Hall–Kier alpha value is -1.70. The van der Waals surface area contributed by atoms with Gasteiger partial charge in [0.2, 0.25) is 0 Å². The quantitative estimate of drug-likeness (QED) is 0.764. The monoisotopic (exact) mass is 215 g/mol. The van der Waals surface area contributed by atoms with Gasteiger partial charge in [0, 0.05) is 11.4 Å². The Labute approximate surface area is 96.5 Å². The van der Waals surface area contributed by atoms with Crippen molar-refractivity contribution in [3.05, 3.63) is 47.8 Å². The second kappa shape index (κ2) is 4.44. The van der Waals surface area contributed by atoms with Crippen LogP contribution in [0.1, 0.15) is 18.3 Å². The Balaban J connectivity index is 2.55. The van der Waals surface area contributed by atoms with Crippen LogP contribution >= 0.6 is 0 Å². The number of benzene rings is 1. The molecule has 0 aliphatic rings. The number of aryl methyl sites for hydroxylation is 2. The predicted octanol–water partition coefficient (Wildman–Crippen LogP) is 3.49. The minimum Gasteiger partial charge on any atom is -0.492 e. The van der Waals surface area contributed by atoms with Crippen molar-refractivity contribution >= 4 is 0 Å². The van der Waals surface area contributed by atoms with Crippen LogP contribution in [0.2, 0.25) is 0 Å². The third-order valence-corrected chi connectivity index (χ3v) is 2.68. The summed E-state index contributed by atoms with van der Waals surface area (Å²) < 4.78 is 7.86. The highest BCUT2D eigenvalue weighted by Gasteiger charge is 2.08. The highest BCUT2D eigenvalue weighted by Crippen LogP contribution is 2.25. The number of hydrogen-bond donors (Lipinski definition) is 0. The van der Waals surface area contributed by atoms with Gasteiger partial charge in [-0.2, -0.15) is 0 Å². The van der Waals surface area contributed by atoms with Crippen molar-refractivity contribution in [1.29, 1.82) is 0 Å². The Kier molecular flexibility index (Phi) is 3.00. The van der Waals surface area contributed by atoms with E-state index >= 15 is 0 Å². The standard InChI is InChI=1S/C14H17NO/c1-4-16-14-8-6-5-7-13(14)15-11(2)9-10-12(15)3/h5-10H,4H2,1-3H3. The molecule has 16 heavy (non-hydrogen) atoms. The number of aromatic nitrogens is 1. The van der Waals surface area contributed by atoms with Crippen LogP contribution in [0.5, 0.6) is 5.75 Å². The molecule has 0 bridgehead atoms. The van der Waals surface area contributed by atoms with Gasteiger partial charge in [0.05, 0.1) is 12.3 Å². The van der Waals surface area contributed by atoms with E-state index in [4.69, 9.17) is 4.74 Å². The maximum absolute atomic E-state index is 5.65. The summed E-state index contributed by atoms with van der Waals surface area (Å²) in [7, 11) is 0. The molecule has 1 heterocycles. The maximum atomic E-state index is 5.65. The fraction of sp³-hybridized carbons (Fsp3) is 0.286. The normalized spacial score (nSPS) is 10.4. The van der Waals surface area contributed by atoms with Gasteiger partial charge < -0.3 is 9.30 Å². The lowest BCUT2D eigenvalue weighted by atomic mass is 10.2. The zero-order chi connectivity index (χ0) is 11.5. The molecule has 2 heteroatoms. The molecule has 0 saturated carbocycles. The maximum Gasteiger partial charge on any atom is 0.143 e. The second-order valence-corrected chi connectivity index (χ2v) is 3.85. The van der Waals surface area contributed by atoms with Crippen LogP contribution in [-0.2, 0) is 0 Å². The van der Waals surface area contributed by atoms with Crippen molar-refractivity contribution in [1.82, 2.24) is 4.57 Å². The summed E-state index contributed by atoms with van der Waals surface area (Å²) in [5.41, 5.74) is 3.57. The number of rotatable bonds is 3. The third-order valence-electron chi connectivity index (χ3n) is 2.68. The van der Waals surface area contributed by atoms with Crippen LogP contribution in [0, 0.1) is 13.8 Å². The lowest BCUT2D eigenvalue weighted by Gasteiger charge is -2.14. The fourth-order valence-corrected chi connectivity index (χ4v) is 1.97. The molecule has 0 radical (unpaired) electrons. The second-order valence-electron chi connectivity index (χ2n) is 3.85. The Bertz CT molecular complexity index is 466. The van der Waals surface area contributed by atoms with Crippen LogP contribution in [0.15, 0.2) is 36.4 Å². The molecule has 0 amide bonds. The average molecular weight is 215 g/mol. The van der Waals surface area contributed by atoms with E-state index in [0.29, 0.717) is 6.61 Å². The summed E-state index contributed by atoms with van der Waals surface area (Å²) in [6.45, 7) is 6.91. The molecule has 1 aromatic carbocycles. The highest BCUT2D eigenvalue weighted by molar-refractivity contribution is 5.49. The summed E-state index contributed by atoms with van der Waals surface area (Å²) in [5.74, 6) is 0.937. The molecule has 0 N–H and O–H groups in total. The van der Waals surface area contributed by atoms with Crippen LogP contribution < -0.4 is 4.74 Å². The van der Waals surface area contributed by atoms with Crippen molar-refractivity contribution < 1.29 is 4.74 Å². The Morgan fingerprint density at radius 1 is 1.00 bits per heavy atom. The topological polar surface area (TPSA) is 14.2 Å². The van der Waals surface area contributed by atoms with E-state index < -0.39 is 0 Å². The molecule has 1 aromatic heterocycles. The molecule has 0 spiro atoms. The molecule has 0 fully saturated rings. The Morgan fingerprint density at radius 3 is 2.25 bits per heavy atom. The molecule has 0 aliphatic heterocycles. The van der Waals surface area contributed by atoms with Crippen LogP contribution in [0.4, 0.5) is 0 Å². The summed E-state index contributed by atoms with van der Waals surface area (Å²) in [6.07, 6.45) is 0. The largest absolute Gasteiger partial charge is 0.492 e. The van der Waals surface area contributed by atoms with Crippen molar-refractivity contribution in [2.24, 2.45) is 0 Å². The third kappa shape index (κ3) is 1.83. The predicted molar refractivity (Wildman–Crippen MR) is 66.4 cm³/mol. The average Bonchev–Trinajstić information content (AvgIpc) is 2.60. The van der Waals surface area contributed by atoms with Gasteiger partial charge in [-0.05, 0) is 45.0 Å². The Morgan fingerprint density at radius 2 is 1.62 bits per heavy atom. The van der Waals surface area contributed by atoms with Gasteiger partial charge in [-0.15, -0.1) is 0 Å². The molecule has 84 valence electrons. The minimum absolute atomic E-state index is 0.691. The van der Waals surface area contributed by atoms with Gasteiger partial charge in [0.15, 0.2) is 0 Å². The molecule has 0 atom stereocenters. The molecular formula is C14H17NO. The molecule has 0 unspecified atom stereocenters. The highest BCUT2D eigenvalue weighted by atomic mass is 16.5. The first kappa shape index (κ1) is 10.8. The van der Waals surface area contributed by atoms with Gasteiger partial charge in [0.1, 0.15) is 5.75 Å². The van der Waals surface area contributed by atoms with Crippen molar-refractivity contribution in [3.8, 4) is 11.4 Å². The number of nitrogens with zero attached hydrogens (tertiary/aromatic N) is 1. The lowest BCUT2D eigenvalue weighted by molar-refractivity contribution is 0.339. The molecule has 2 rings (SSSR count). The van der Waals surface area contributed by atoms with Crippen LogP contribution in [0.25, 0.3) is 5.69 Å². The zero-order valence-electron chi connectivity index (χ0n) is 10.0. The smallest absolute Gasteiger partial charge is 0.143 e. The summed E-state index contributed by atoms with van der Waals surface area (Å²) in [5, 5.41) is 0. The van der Waals surface area contributed by atoms with Crippen molar-refractivity contribution in [3.63, 3.8) is 0 Å². The SMILES string of the molecule is CCOc1ccccc1-n1c(C)ccc1C. The van der Waals surface area contributed by atoms with Gasteiger partial charge in [0.25, 0.3) is 0 Å². The van der Waals surface area contributed by atoms with Gasteiger partial charge in [-0.25, -0.2) is 0 Å². The van der Waals surface area contributed by atoms with Gasteiger partial charge in [-0.3, -0.25) is 0 Å². The van der Waals surface area contributed by atoms with E-state index in [0.717, 1.165) is 11.4 Å². The van der Waals surface area contributed by atoms with E-state index in [-0.39, 0.29) is 0 Å². The zero-order valence-corrected chi connectivity index (χ0v) is 10.0. The van der Waals surface area contributed by atoms with Gasteiger partial charge >= 0.3 is 0 Å². The summed E-state index contributed by atoms with van der Waals surface area (Å²) in [6, 6.07) is 12.4. The summed E-state index contributed by atoms with van der Waals surface area (Å²) >= 11 is 0. The number of para-hydroxylation sites is 2. The van der Waals surface area contributed by atoms with E-state index in [1.54, 1.807) is 0 Å². The van der Waals surface area contributed by atoms with Gasteiger partial charge in [-0.1, -0.05) is 12.1 Å². The van der Waals surface area contributed by atoms with Crippen molar-refractivity contribution in [2.45, 2.75) is 20.8 Å². The fourth-order valence-electron chi connectivity index (χ4n) is 1.97. The first-order chi connectivity index (χ1) is 7.74. The first-order valence-electron chi connectivity index (χ1n) is 5.61.